The number of hydrogen-bond donors (Lipinski definition) is 2. The lowest BCUT2D eigenvalue weighted by Crippen LogP contribution is -2.44. The van der Waals surface area contributed by atoms with Gasteiger partial charge in [0, 0.05) is 18.9 Å². The molecule has 0 aromatic carbocycles. The number of halogens is 1. The van der Waals surface area contributed by atoms with Gasteiger partial charge in [0.2, 0.25) is 5.91 Å². The molecule has 0 unspecified atom stereocenters. The van der Waals surface area contributed by atoms with E-state index in [2.05, 4.69) is 37.0 Å². The van der Waals surface area contributed by atoms with Crippen LogP contribution in [0, 0.1) is 5.92 Å². The lowest BCUT2D eigenvalue weighted by atomic mass is 10.2. The molecule has 2 aromatic rings. The minimum Gasteiger partial charge on any atom is -0.273 e. The van der Waals surface area contributed by atoms with Crippen LogP contribution in [-0.2, 0) is 17.9 Å². The molecule has 0 fully saturated rings. The van der Waals surface area contributed by atoms with E-state index < -0.39 is 5.91 Å². The van der Waals surface area contributed by atoms with Crippen molar-refractivity contribution in [3.05, 3.63) is 34.8 Å². The highest BCUT2D eigenvalue weighted by atomic mass is 79.9. The highest BCUT2D eigenvalue weighted by Crippen LogP contribution is 2.08. The van der Waals surface area contributed by atoms with E-state index in [1.807, 2.05) is 6.92 Å². The van der Waals surface area contributed by atoms with Crippen LogP contribution in [0.25, 0.3) is 0 Å². The Morgan fingerprint density at radius 2 is 1.95 bits per heavy atom. The van der Waals surface area contributed by atoms with E-state index in [0.29, 0.717) is 18.7 Å². The lowest BCUT2D eigenvalue weighted by Gasteiger charge is -2.12. The first-order valence-electron chi connectivity index (χ1n) is 6.80. The Bertz CT molecular complexity index is 665. The third-order valence-corrected chi connectivity index (χ3v) is 3.44. The van der Waals surface area contributed by atoms with E-state index in [0.717, 1.165) is 4.47 Å². The molecule has 2 rings (SSSR count). The summed E-state index contributed by atoms with van der Waals surface area (Å²) in [7, 11) is 0. The number of hydrazine groups is 1. The molecule has 9 heteroatoms. The maximum atomic E-state index is 12.0. The molecule has 0 spiro atoms. The molecule has 2 heterocycles. The van der Waals surface area contributed by atoms with Gasteiger partial charge in [-0.05, 0) is 22.9 Å². The third-order valence-electron chi connectivity index (χ3n) is 3.03. The Labute approximate surface area is 136 Å². The number of nitrogens with zero attached hydrogens (tertiary/aromatic N) is 4. The van der Waals surface area contributed by atoms with E-state index in [9.17, 15) is 9.59 Å². The summed E-state index contributed by atoms with van der Waals surface area (Å²) in [5.41, 5.74) is 5.18. The van der Waals surface area contributed by atoms with Crippen LogP contribution in [0.15, 0.2) is 29.3 Å². The van der Waals surface area contributed by atoms with Gasteiger partial charge < -0.3 is 0 Å². The molecular formula is C13H17BrN6O2. The summed E-state index contributed by atoms with van der Waals surface area (Å²) >= 11 is 3.29. The Hall–Kier alpha value is -2.16. The summed E-state index contributed by atoms with van der Waals surface area (Å²) in [6.45, 7) is 4.77. The van der Waals surface area contributed by atoms with Crippen LogP contribution in [-0.4, -0.2) is 31.4 Å². The second-order valence-electron chi connectivity index (χ2n) is 4.81. The Kier molecular flexibility index (Phi) is 5.31. The molecule has 2 amide bonds. The molecule has 22 heavy (non-hydrogen) atoms. The Morgan fingerprint density at radius 3 is 2.55 bits per heavy atom. The van der Waals surface area contributed by atoms with Crippen LogP contribution in [0.4, 0.5) is 0 Å². The quantitative estimate of drug-likeness (QED) is 0.768. The number of carbonyl (C=O) groups is 2. The fourth-order valence-electron chi connectivity index (χ4n) is 1.77. The van der Waals surface area contributed by atoms with Crippen LogP contribution >= 0.6 is 15.9 Å². The van der Waals surface area contributed by atoms with Crippen molar-refractivity contribution in [2.75, 3.05) is 0 Å². The minimum atomic E-state index is -0.401. The highest BCUT2D eigenvalue weighted by Gasteiger charge is 2.16. The molecule has 8 nitrogen and oxygen atoms in total. The number of nitrogens with one attached hydrogen (secondary N) is 2. The van der Waals surface area contributed by atoms with Crippen LogP contribution in [0.2, 0.25) is 0 Å². The molecule has 118 valence electrons. The van der Waals surface area contributed by atoms with Gasteiger partial charge >= 0.3 is 0 Å². The number of aromatic nitrogens is 4. The average molecular weight is 369 g/mol. The smallest absolute Gasteiger partial charge is 0.272 e. The molecule has 0 radical (unpaired) electrons. The lowest BCUT2D eigenvalue weighted by molar-refractivity contribution is -0.125. The predicted octanol–water partition coefficient (Wildman–Crippen LogP) is 0.959. The molecule has 0 saturated heterocycles. The summed E-state index contributed by atoms with van der Waals surface area (Å²) in [6, 6.07) is 0. The summed E-state index contributed by atoms with van der Waals surface area (Å²) in [5, 5.41) is 8.09. The van der Waals surface area contributed by atoms with Crippen molar-refractivity contribution in [1.82, 2.24) is 30.4 Å². The molecule has 2 N–H and O–H groups in total. The van der Waals surface area contributed by atoms with Crippen molar-refractivity contribution in [1.29, 1.82) is 0 Å². The number of hydrogen-bond acceptors (Lipinski definition) is 4. The van der Waals surface area contributed by atoms with Gasteiger partial charge in [-0.3, -0.25) is 29.8 Å². The second kappa shape index (κ2) is 7.21. The minimum absolute atomic E-state index is 0.289. The van der Waals surface area contributed by atoms with Crippen LogP contribution in [0.5, 0.6) is 0 Å². The summed E-state index contributed by atoms with van der Waals surface area (Å²) < 4.78 is 4.14. The predicted molar refractivity (Wildman–Crippen MR) is 82.6 cm³/mol. The molecule has 0 bridgehead atoms. The van der Waals surface area contributed by atoms with E-state index in [-0.39, 0.29) is 11.8 Å². The van der Waals surface area contributed by atoms with Gasteiger partial charge in [-0.1, -0.05) is 6.92 Å². The number of rotatable bonds is 5. The average Bonchev–Trinajstić information content (AvgIpc) is 3.13. The third kappa shape index (κ3) is 4.17. The van der Waals surface area contributed by atoms with Crippen molar-refractivity contribution in [3.63, 3.8) is 0 Å². The van der Waals surface area contributed by atoms with Crippen LogP contribution in [0.1, 0.15) is 24.2 Å². The largest absolute Gasteiger partial charge is 0.273 e. The second-order valence-corrected chi connectivity index (χ2v) is 5.73. The number of aryl methyl sites for hydroxylation is 1. The van der Waals surface area contributed by atoms with Crippen LogP contribution < -0.4 is 10.9 Å². The molecule has 2 aromatic heterocycles. The molecule has 0 saturated carbocycles. The van der Waals surface area contributed by atoms with E-state index in [4.69, 9.17) is 0 Å². The van der Waals surface area contributed by atoms with E-state index in [1.165, 1.54) is 6.20 Å². The van der Waals surface area contributed by atoms with Crippen molar-refractivity contribution >= 4 is 27.7 Å². The topological polar surface area (TPSA) is 93.8 Å². The molecule has 1 atom stereocenters. The summed E-state index contributed by atoms with van der Waals surface area (Å²) in [6.07, 6.45) is 6.50. The standard InChI is InChI=1S/C13H17BrN6O2/c1-3-19-7-10(4-15-19)13(22)18-17-12(21)9(2)6-20-8-11(14)5-16-20/h4-5,7-9H,3,6H2,1-2H3,(H,17,21)(H,18,22)/t9-/m0/s1. The number of carbonyl (C=O) groups excluding carboxylic acids is 2. The highest BCUT2D eigenvalue weighted by molar-refractivity contribution is 9.10. The molecule has 0 aliphatic rings. The van der Waals surface area contributed by atoms with Crippen molar-refractivity contribution in [3.8, 4) is 0 Å². The van der Waals surface area contributed by atoms with E-state index in [1.54, 1.807) is 34.9 Å². The zero-order valence-corrected chi connectivity index (χ0v) is 13.9. The Morgan fingerprint density at radius 1 is 1.23 bits per heavy atom. The van der Waals surface area contributed by atoms with Gasteiger partial charge in [-0.25, -0.2) is 0 Å². The van der Waals surface area contributed by atoms with Gasteiger partial charge in [-0.2, -0.15) is 10.2 Å². The van der Waals surface area contributed by atoms with Crippen LogP contribution in [0.3, 0.4) is 0 Å². The van der Waals surface area contributed by atoms with Crippen molar-refractivity contribution in [2.24, 2.45) is 5.92 Å². The van der Waals surface area contributed by atoms with Crippen molar-refractivity contribution < 1.29 is 9.59 Å². The first kappa shape index (κ1) is 16.2. The van der Waals surface area contributed by atoms with Gasteiger partial charge in [0.05, 0.1) is 34.9 Å². The molecule has 0 aliphatic carbocycles. The maximum absolute atomic E-state index is 12.0. The maximum Gasteiger partial charge on any atom is 0.272 e. The van der Waals surface area contributed by atoms with Gasteiger partial charge in [0.1, 0.15) is 0 Å². The fraction of sp³-hybridized carbons (Fsp3) is 0.385. The normalized spacial score (nSPS) is 12.0. The van der Waals surface area contributed by atoms with Crippen molar-refractivity contribution in [2.45, 2.75) is 26.9 Å². The van der Waals surface area contributed by atoms with E-state index >= 15 is 0 Å². The Balaban J connectivity index is 1.82. The fourth-order valence-corrected chi connectivity index (χ4v) is 2.10. The molecule has 0 aliphatic heterocycles. The summed E-state index contributed by atoms with van der Waals surface area (Å²) in [4.78, 5) is 23.8. The zero-order chi connectivity index (χ0) is 16.1. The first-order valence-corrected chi connectivity index (χ1v) is 7.59. The number of amides is 2. The monoisotopic (exact) mass is 368 g/mol. The SMILES string of the molecule is CCn1cc(C(=O)NNC(=O)[C@@H](C)Cn2cc(Br)cn2)cn1. The van der Waals surface area contributed by atoms with Gasteiger partial charge in [0.15, 0.2) is 0 Å². The first-order chi connectivity index (χ1) is 10.5. The van der Waals surface area contributed by atoms with Gasteiger partial charge in [0.25, 0.3) is 5.91 Å². The zero-order valence-electron chi connectivity index (χ0n) is 12.3. The summed E-state index contributed by atoms with van der Waals surface area (Å²) in [5.74, 6) is -1.03. The molecular weight excluding hydrogens is 352 g/mol. The van der Waals surface area contributed by atoms with Gasteiger partial charge in [-0.15, -0.1) is 0 Å².